The number of alkyl halides is 3. The lowest BCUT2D eigenvalue weighted by atomic mass is 10.1. The summed E-state index contributed by atoms with van der Waals surface area (Å²) in [6, 6.07) is 9.07. The Balaban J connectivity index is 1.74. The van der Waals surface area contributed by atoms with E-state index in [0.717, 1.165) is 23.9 Å². The van der Waals surface area contributed by atoms with Crippen molar-refractivity contribution < 1.29 is 22.4 Å². The maximum absolute atomic E-state index is 14.3. The zero-order valence-electron chi connectivity index (χ0n) is 16.9. The number of rotatable bonds is 7. The van der Waals surface area contributed by atoms with Crippen LogP contribution in [-0.4, -0.2) is 26.1 Å². The molecule has 4 aromatic rings. The number of halogens is 4. The van der Waals surface area contributed by atoms with E-state index < -0.39 is 35.6 Å². The average Bonchev–Trinajstić information content (AvgIpc) is 3.29. The molecular formula is C21H17F4N7O. The van der Waals surface area contributed by atoms with Crippen molar-refractivity contribution in [1.29, 1.82) is 0 Å². The van der Waals surface area contributed by atoms with E-state index in [1.807, 2.05) is 0 Å². The number of nitrogens with zero attached hydrogens (tertiary/aromatic N) is 3. The van der Waals surface area contributed by atoms with Crippen molar-refractivity contribution in [2.75, 3.05) is 10.6 Å². The Morgan fingerprint density at radius 1 is 1.03 bits per heavy atom. The first-order valence-electron chi connectivity index (χ1n) is 9.65. The van der Waals surface area contributed by atoms with E-state index in [4.69, 9.17) is 5.73 Å². The van der Waals surface area contributed by atoms with E-state index in [1.165, 1.54) is 6.07 Å². The number of H-pyrrole nitrogens is 1. The van der Waals surface area contributed by atoms with Gasteiger partial charge in [-0.05, 0) is 30.3 Å². The highest BCUT2D eigenvalue weighted by Crippen LogP contribution is 2.34. The summed E-state index contributed by atoms with van der Waals surface area (Å²) in [6.45, 7) is -0.246. The fourth-order valence-corrected chi connectivity index (χ4v) is 3.30. The number of carbonyl (C=O) groups excluding carboxylic acids is 1. The number of benzene rings is 2. The largest absolute Gasteiger partial charge is 0.416 e. The van der Waals surface area contributed by atoms with Gasteiger partial charge in [-0.3, -0.25) is 9.89 Å². The molecular weight excluding hydrogens is 442 g/mol. The normalized spacial score (nSPS) is 11.5. The minimum atomic E-state index is -4.73. The predicted molar refractivity (Wildman–Crippen MR) is 113 cm³/mol. The lowest BCUT2D eigenvalue weighted by Crippen LogP contribution is -2.16. The van der Waals surface area contributed by atoms with Crippen LogP contribution in [0.4, 0.5) is 29.3 Å². The molecule has 2 aromatic carbocycles. The van der Waals surface area contributed by atoms with Gasteiger partial charge in [0.2, 0.25) is 5.95 Å². The third-order valence-corrected chi connectivity index (χ3v) is 4.84. The van der Waals surface area contributed by atoms with Gasteiger partial charge >= 0.3 is 6.18 Å². The van der Waals surface area contributed by atoms with Gasteiger partial charge in [-0.25, -0.2) is 9.37 Å². The lowest BCUT2D eigenvalue weighted by Gasteiger charge is -2.16. The van der Waals surface area contributed by atoms with Crippen LogP contribution in [0.3, 0.4) is 0 Å². The molecule has 12 heteroatoms. The summed E-state index contributed by atoms with van der Waals surface area (Å²) >= 11 is 0. The van der Waals surface area contributed by atoms with Gasteiger partial charge in [0, 0.05) is 23.7 Å². The minimum absolute atomic E-state index is 0.0814. The Kier molecular flexibility index (Phi) is 5.82. The first kappa shape index (κ1) is 22.0. The molecule has 0 unspecified atom stereocenters. The van der Waals surface area contributed by atoms with Gasteiger partial charge < -0.3 is 16.4 Å². The number of carbonyl (C=O) groups is 1. The molecule has 5 N–H and O–H groups in total. The zero-order chi connectivity index (χ0) is 23.6. The predicted octanol–water partition coefficient (Wildman–Crippen LogP) is 3.83. The molecule has 0 bridgehead atoms. The van der Waals surface area contributed by atoms with Gasteiger partial charge in [0.05, 0.1) is 28.9 Å². The fourth-order valence-electron chi connectivity index (χ4n) is 3.30. The van der Waals surface area contributed by atoms with E-state index >= 15 is 0 Å². The number of hydrogen-bond acceptors (Lipinski definition) is 6. The second kappa shape index (κ2) is 8.73. The van der Waals surface area contributed by atoms with Gasteiger partial charge in [0.25, 0.3) is 5.91 Å². The number of aromatic amines is 1. The molecule has 0 aliphatic heterocycles. The number of hydrogen-bond donors (Lipinski definition) is 4. The van der Waals surface area contributed by atoms with Gasteiger partial charge in [0.1, 0.15) is 11.6 Å². The second-order valence-corrected chi connectivity index (χ2v) is 7.01. The Hall–Kier alpha value is -4.22. The third-order valence-electron chi connectivity index (χ3n) is 4.84. The number of aromatic nitrogens is 4. The first-order chi connectivity index (χ1) is 15.7. The highest BCUT2D eigenvalue weighted by atomic mass is 19.4. The van der Waals surface area contributed by atoms with Crippen molar-refractivity contribution in [3.05, 3.63) is 76.9 Å². The van der Waals surface area contributed by atoms with E-state index in [9.17, 15) is 22.4 Å². The number of anilines is 2. The fraction of sp³-hybridized carbons (Fsp3) is 0.143. The Labute approximate surface area is 184 Å². The number of nitrogens with one attached hydrogen (secondary N) is 3. The maximum atomic E-state index is 14.3. The van der Waals surface area contributed by atoms with E-state index in [1.54, 1.807) is 24.4 Å². The van der Waals surface area contributed by atoms with E-state index in [2.05, 4.69) is 30.8 Å². The third kappa shape index (κ3) is 4.68. The van der Waals surface area contributed by atoms with Crippen LogP contribution in [0.1, 0.15) is 27.2 Å². The summed E-state index contributed by atoms with van der Waals surface area (Å²) in [5.74, 6) is -1.56. The second-order valence-electron chi connectivity index (χ2n) is 7.01. The maximum Gasteiger partial charge on any atom is 0.416 e. The summed E-state index contributed by atoms with van der Waals surface area (Å²) in [5.41, 5.74) is 4.82. The molecule has 0 fully saturated rings. The average molecular weight is 459 g/mol. The number of amides is 1. The Morgan fingerprint density at radius 3 is 2.52 bits per heavy atom. The van der Waals surface area contributed by atoms with Crippen LogP contribution >= 0.6 is 0 Å². The smallest absolute Gasteiger partial charge is 0.366 e. The van der Waals surface area contributed by atoms with Gasteiger partial charge in [-0.15, -0.1) is 0 Å². The molecule has 33 heavy (non-hydrogen) atoms. The minimum Gasteiger partial charge on any atom is -0.366 e. The van der Waals surface area contributed by atoms with Crippen molar-refractivity contribution in [2.24, 2.45) is 5.73 Å². The summed E-state index contributed by atoms with van der Waals surface area (Å²) in [4.78, 5) is 20.5. The molecule has 2 aromatic heterocycles. The van der Waals surface area contributed by atoms with Crippen LogP contribution in [0.2, 0.25) is 0 Å². The molecule has 0 atom stereocenters. The van der Waals surface area contributed by atoms with Crippen LogP contribution in [0.25, 0.3) is 10.9 Å². The quantitative estimate of drug-likeness (QED) is 0.312. The van der Waals surface area contributed by atoms with E-state index in [-0.39, 0.29) is 29.4 Å². The van der Waals surface area contributed by atoms with Crippen molar-refractivity contribution in [3.63, 3.8) is 0 Å². The summed E-state index contributed by atoms with van der Waals surface area (Å²) in [6.07, 6.45) is -3.17. The van der Waals surface area contributed by atoms with Crippen molar-refractivity contribution in [1.82, 2.24) is 20.2 Å². The van der Waals surface area contributed by atoms with Crippen LogP contribution in [-0.2, 0) is 19.3 Å². The van der Waals surface area contributed by atoms with Gasteiger partial charge in [-0.2, -0.15) is 23.3 Å². The number of para-hydroxylation sites is 1. The molecule has 0 radical (unpaired) electrons. The van der Waals surface area contributed by atoms with Crippen molar-refractivity contribution in [2.45, 2.75) is 19.3 Å². The summed E-state index contributed by atoms with van der Waals surface area (Å²) in [7, 11) is 0. The topological polar surface area (TPSA) is 122 Å². The van der Waals surface area contributed by atoms with Crippen LogP contribution in [0, 0.1) is 5.82 Å². The zero-order valence-corrected chi connectivity index (χ0v) is 16.9. The molecule has 0 spiro atoms. The molecule has 0 saturated carbocycles. The van der Waals surface area contributed by atoms with Crippen LogP contribution < -0.4 is 16.4 Å². The molecule has 0 aliphatic carbocycles. The monoisotopic (exact) mass is 459 g/mol. The lowest BCUT2D eigenvalue weighted by molar-refractivity contribution is -0.138. The first-order valence-corrected chi connectivity index (χ1v) is 9.65. The Morgan fingerprint density at radius 2 is 1.82 bits per heavy atom. The molecule has 0 saturated heterocycles. The number of primary amides is 1. The highest BCUT2D eigenvalue weighted by molar-refractivity contribution is 6.07. The standard InChI is InChI=1S/C21H17F4N7O/c22-16-6-2-5-15(21(23,24)25)14(16)10-27-19-13-4-1-3-12(18(26)33)17(13)30-20(31-19)28-9-11-7-8-29-32-11/h1-8H,9-10H2,(H2,26,33)(H,29,32)(H2,27,28,30,31). The van der Waals surface area contributed by atoms with Gasteiger partial charge in [-0.1, -0.05) is 12.1 Å². The Bertz CT molecular complexity index is 1310. The summed E-state index contributed by atoms with van der Waals surface area (Å²) in [5, 5.41) is 12.6. The molecule has 4 rings (SSSR count). The SMILES string of the molecule is NC(=O)c1cccc2c(NCc3c(F)cccc3C(F)(F)F)nc(NCc3ccn[nH]3)nc12. The highest BCUT2D eigenvalue weighted by Gasteiger charge is 2.34. The number of fused-ring (bicyclic) bond motifs is 1. The molecule has 1 amide bonds. The molecule has 8 nitrogen and oxygen atoms in total. The molecule has 2 heterocycles. The molecule has 0 aliphatic rings. The van der Waals surface area contributed by atoms with Crippen LogP contribution in [0.5, 0.6) is 0 Å². The van der Waals surface area contributed by atoms with Crippen molar-refractivity contribution >= 4 is 28.6 Å². The van der Waals surface area contributed by atoms with Gasteiger partial charge in [0.15, 0.2) is 0 Å². The number of nitrogens with two attached hydrogens (primary N) is 1. The van der Waals surface area contributed by atoms with Crippen molar-refractivity contribution in [3.8, 4) is 0 Å². The van der Waals surface area contributed by atoms with E-state index in [0.29, 0.717) is 5.39 Å². The molecule has 170 valence electrons. The summed E-state index contributed by atoms with van der Waals surface area (Å²) < 4.78 is 54.3. The van der Waals surface area contributed by atoms with Crippen LogP contribution in [0.15, 0.2) is 48.7 Å².